The maximum Gasteiger partial charge on any atom is 0.146 e. The molecule has 0 amide bonds. The summed E-state index contributed by atoms with van der Waals surface area (Å²) in [7, 11) is 0. The molecule has 0 bridgehead atoms. The van der Waals surface area contributed by atoms with Gasteiger partial charge in [0.1, 0.15) is 22.8 Å². The zero-order valence-corrected chi connectivity index (χ0v) is 22.8. The van der Waals surface area contributed by atoms with Crippen LogP contribution in [0.5, 0.6) is 11.5 Å². The average Bonchev–Trinajstić information content (AvgIpc) is 3.75. The predicted octanol–water partition coefficient (Wildman–Crippen LogP) is 9.04. The molecule has 6 nitrogen and oxygen atoms in total. The highest BCUT2D eigenvalue weighted by Crippen LogP contribution is 2.40. The molecule has 0 saturated carbocycles. The number of hydrogen-bond donors (Lipinski definition) is 0. The van der Waals surface area contributed by atoms with Gasteiger partial charge in [0.05, 0.1) is 27.8 Å². The van der Waals surface area contributed by atoms with Crippen LogP contribution in [-0.4, -0.2) is 23.8 Å². The number of fused-ring (bicyclic) bond motifs is 12. The van der Waals surface area contributed by atoms with E-state index in [-0.39, 0.29) is 0 Å². The molecular weight excluding hydrogens is 530 g/mol. The SMILES string of the molecule is c1ccc(-c2cn3c4cccnc4c4ccc(Oc5ccc6c7cccc8c9cccnc9n(c6c5)c78)cc4c3n2)cc1. The Morgan fingerprint density at radius 2 is 1.30 bits per heavy atom. The van der Waals surface area contributed by atoms with Crippen molar-refractivity contribution < 1.29 is 4.74 Å². The Kier molecular flexibility index (Phi) is 4.36. The molecule has 0 atom stereocenters. The Bertz CT molecular complexity index is 2710. The first-order valence-electron chi connectivity index (χ1n) is 14.3. The van der Waals surface area contributed by atoms with Crippen molar-refractivity contribution >= 4 is 65.7 Å². The minimum atomic E-state index is 0.741. The van der Waals surface area contributed by atoms with E-state index >= 15 is 0 Å². The van der Waals surface area contributed by atoms with Gasteiger partial charge in [-0.25, -0.2) is 9.97 Å². The third-order valence-corrected chi connectivity index (χ3v) is 8.59. The molecule has 0 aliphatic heterocycles. The van der Waals surface area contributed by atoms with Gasteiger partial charge in [-0.3, -0.25) is 13.8 Å². The van der Waals surface area contributed by atoms with E-state index in [1.165, 1.54) is 21.7 Å². The van der Waals surface area contributed by atoms with Crippen molar-refractivity contribution in [1.29, 1.82) is 0 Å². The van der Waals surface area contributed by atoms with Crippen molar-refractivity contribution in [2.24, 2.45) is 0 Å². The molecule has 0 radical (unpaired) electrons. The molecule has 4 aromatic carbocycles. The number of pyridine rings is 3. The number of imidazole rings is 1. The third kappa shape index (κ3) is 3.09. The molecule has 6 heterocycles. The van der Waals surface area contributed by atoms with Crippen LogP contribution in [0.15, 0.2) is 128 Å². The first kappa shape index (κ1) is 22.7. The van der Waals surface area contributed by atoms with Crippen molar-refractivity contribution in [1.82, 2.24) is 23.8 Å². The van der Waals surface area contributed by atoms with Gasteiger partial charge in [0.25, 0.3) is 0 Å². The van der Waals surface area contributed by atoms with Gasteiger partial charge in [0.2, 0.25) is 0 Å². The summed E-state index contributed by atoms with van der Waals surface area (Å²) in [6.07, 6.45) is 5.79. The van der Waals surface area contributed by atoms with Crippen LogP contribution in [0, 0.1) is 0 Å². The van der Waals surface area contributed by atoms with Crippen LogP contribution >= 0.6 is 0 Å². The van der Waals surface area contributed by atoms with E-state index < -0.39 is 0 Å². The highest BCUT2D eigenvalue weighted by Gasteiger charge is 2.19. The van der Waals surface area contributed by atoms with Crippen molar-refractivity contribution in [3.05, 3.63) is 128 Å². The van der Waals surface area contributed by atoms with Gasteiger partial charge in [-0.05, 0) is 54.6 Å². The number of benzene rings is 4. The van der Waals surface area contributed by atoms with E-state index in [0.717, 1.165) is 66.8 Å². The first-order valence-corrected chi connectivity index (χ1v) is 14.3. The minimum absolute atomic E-state index is 0.741. The van der Waals surface area contributed by atoms with Gasteiger partial charge in [-0.2, -0.15) is 0 Å². The summed E-state index contributed by atoms with van der Waals surface area (Å²) in [6, 6.07) is 37.5. The number of rotatable bonds is 3. The summed E-state index contributed by atoms with van der Waals surface area (Å²) < 4.78 is 11.0. The zero-order chi connectivity index (χ0) is 28.1. The third-order valence-electron chi connectivity index (χ3n) is 8.59. The quantitative estimate of drug-likeness (QED) is 0.206. The van der Waals surface area contributed by atoms with Crippen molar-refractivity contribution in [3.8, 4) is 22.8 Å². The average molecular weight is 552 g/mol. The standard InChI is InChI=1S/C37H21N5O/c1-2-7-22(8-3-1)31-21-41-32-12-6-17-38-34(32)26-16-14-23(19-30(26)37(41)40-31)43-24-13-15-25-27-9-4-10-28-29-11-5-18-39-36(29)42(35(27)28)33(25)20-24/h1-21H. The van der Waals surface area contributed by atoms with Gasteiger partial charge < -0.3 is 4.74 Å². The Balaban J connectivity index is 1.17. The van der Waals surface area contributed by atoms with Crippen molar-refractivity contribution in [2.75, 3.05) is 0 Å². The van der Waals surface area contributed by atoms with Crippen LogP contribution in [0.2, 0.25) is 0 Å². The van der Waals surface area contributed by atoms with Gasteiger partial charge in [-0.1, -0.05) is 48.5 Å². The molecule has 43 heavy (non-hydrogen) atoms. The smallest absolute Gasteiger partial charge is 0.146 e. The number of para-hydroxylation sites is 1. The molecule has 0 unspecified atom stereocenters. The molecule has 0 aliphatic carbocycles. The maximum atomic E-state index is 6.56. The molecule has 200 valence electrons. The largest absolute Gasteiger partial charge is 0.457 e. The number of aromatic nitrogens is 5. The summed E-state index contributed by atoms with van der Waals surface area (Å²) >= 11 is 0. The summed E-state index contributed by atoms with van der Waals surface area (Å²) in [6.45, 7) is 0. The molecule has 10 rings (SSSR count). The van der Waals surface area contributed by atoms with E-state index in [1.54, 1.807) is 0 Å². The molecule has 0 saturated heterocycles. The summed E-state index contributed by atoms with van der Waals surface area (Å²) in [5.41, 5.74) is 8.05. The number of nitrogens with zero attached hydrogens (tertiary/aromatic N) is 5. The van der Waals surface area contributed by atoms with Crippen LogP contribution in [0.1, 0.15) is 0 Å². The summed E-state index contributed by atoms with van der Waals surface area (Å²) in [4.78, 5) is 14.6. The Morgan fingerprint density at radius 1 is 0.535 bits per heavy atom. The van der Waals surface area contributed by atoms with Crippen molar-refractivity contribution in [3.63, 3.8) is 0 Å². The fourth-order valence-corrected chi connectivity index (χ4v) is 6.75. The van der Waals surface area contributed by atoms with Gasteiger partial charge >= 0.3 is 0 Å². The monoisotopic (exact) mass is 551 g/mol. The van der Waals surface area contributed by atoms with Crippen LogP contribution in [0.3, 0.4) is 0 Å². The molecule has 6 heteroatoms. The lowest BCUT2D eigenvalue weighted by molar-refractivity contribution is 0.484. The molecule has 10 aromatic rings. The zero-order valence-electron chi connectivity index (χ0n) is 22.8. The van der Waals surface area contributed by atoms with Crippen LogP contribution in [0.25, 0.3) is 76.9 Å². The Labute approximate surface area is 244 Å². The lowest BCUT2D eigenvalue weighted by atomic mass is 10.1. The number of ether oxygens (including phenoxy) is 1. The second-order valence-corrected chi connectivity index (χ2v) is 11.0. The fraction of sp³-hybridized carbons (Fsp3) is 0. The van der Waals surface area contributed by atoms with Crippen LogP contribution in [-0.2, 0) is 0 Å². The molecule has 0 aliphatic rings. The van der Waals surface area contributed by atoms with Crippen LogP contribution in [0.4, 0.5) is 0 Å². The molecular formula is C37H21N5O. The lowest BCUT2D eigenvalue weighted by Gasteiger charge is -2.10. The topological polar surface area (TPSA) is 56.7 Å². The highest BCUT2D eigenvalue weighted by molar-refractivity contribution is 6.22. The second kappa shape index (κ2) is 8.27. The van der Waals surface area contributed by atoms with Crippen molar-refractivity contribution in [2.45, 2.75) is 0 Å². The first-order chi connectivity index (χ1) is 21.3. The fourth-order valence-electron chi connectivity index (χ4n) is 6.75. The molecule has 0 spiro atoms. The van der Waals surface area contributed by atoms with E-state index in [2.05, 4.69) is 81.7 Å². The Morgan fingerprint density at radius 3 is 2.21 bits per heavy atom. The van der Waals surface area contributed by atoms with E-state index in [4.69, 9.17) is 19.7 Å². The highest BCUT2D eigenvalue weighted by atomic mass is 16.5. The summed E-state index contributed by atoms with van der Waals surface area (Å²) in [5.74, 6) is 1.50. The minimum Gasteiger partial charge on any atom is -0.457 e. The second-order valence-electron chi connectivity index (χ2n) is 11.0. The number of hydrogen-bond acceptors (Lipinski definition) is 4. The van der Waals surface area contributed by atoms with Gasteiger partial charge in [0, 0.05) is 62.5 Å². The van der Waals surface area contributed by atoms with Gasteiger partial charge in [-0.15, -0.1) is 0 Å². The van der Waals surface area contributed by atoms with Crippen LogP contribution < -0.4 is 4.74 Å². The molecule has 0 fully saturated rings. The Hall–Kier alpha value is -6.01. The van der Waals surface area contributed by atoms with E-state index in [0.29, 0.717) is 0 Å². The predicted molar refractivity (Wildman–Crippen MR) is 172 cm³/mol. The normalized spacial score (nSPS) is 12.2. The lowest BCUT2D eigenvalue weighted by Crippen LogP contribution is -1.93. The molecule has 0 N–H and O–H groups in total. The summed E-state index contributed by atoms with van der Waals surface area (Å²) in [5, 5.41) is 6.81. The van der Waals surface area contributed by atoms with E-state index in [1.807, 2.05) is 54.9 Å². The molecule has 6 aromatic heterocycles. The maximum absolute atomic E-state index is 6.56. The van der Waals surface area contributed by atoms with Gasteiger partial charge in [0.15, 0.2) is 0 Å². The van der Waals surface area contributed by atoms with E-state index in [9.17, 15) is 0 Å².